The van der Waals surface area contributed by atoms with Gasteiger partial charge in [0.05, 0.1) is 13.0 Å². The summed E-state index contributed by atoms with van der Waals surface area (Å²) in [4.78, 5) is 63.2. The summed E-state index contributed by atoms with van der Waals surface area (Å²) in [7, 11) is 0. The second kappa shape index (κ2) is 18.9. The van der Waals surface area contributed by atoms with Gasteiger partial charge in [-0.2, -0.15) is 24.4 Å². The highest BCUT2D eigenvalue weighted by atomic mass is 32.2. The van der Waals surface area contributed by atoms with Crippen LogP contribution >= 0.6 is 24.4 Å². The van der Waals surface area contributed by atoms with Crippen LogP contribution in [0.4, 0.5) is 0 Å². The van der Waals surface area contributed by atoms with E-state index in [1.54, 1.807) is 32.9 Å². The maximum Gasteiger partial charge on any atom is 0.329 e. The Hall–Kier alpha value is -2.21. The van der Waals surface area contributed by atoms with Crippen LogP contribution in [0.15, 0.2) is 12.2 Å². The predicted octanol–water partition coefficient (Wildman–Crippen LogP) is 1.59. The number of thiol groups is 1. The summed E-state index contributed by atoms with van der Waals surface area (Å²) < 4.78 is 5.55. The molecular formula is C25H44N4O6S2. The van der Waals surface area contributed by atoms with E-state index in [4.69, 9.17) is 4.74 Å². The summed E-state index contributed by atoms with van der Waals surface area (Å²) >= 11 is 5.48. The van der Waals surface area contributed by atoms with Gasteiger partial charge in [0.1, 0.15) is 24.2 Å². The Morgan fingerprint density at radius 3 is 2.24 bits per heavy atom. The number of fused-ring (bicyclic) bond motifs is 3. The van der Waals surface area contributed by atoms with Crippen molar-refractivity contribution in [1.29, 1.82) is 0 Å². The number of ether oxygens (including phenoxy) is 1. The van der Waals surface area contributed by atoms with Gasteiger partial charge < -0.3 is 26.0 Å². The van der Waals surface area contributed by atoms with Gasteiger partial charge in [0.2, 0.25) is 23.6 Å². The molecule has 37 heavy (non-hydrogen) atoms. The zero-order valence-corrected chi connectivity index (χ0v) is 24.7. The van der Waals surface area contributed by atoms with Gasteiger partial charge in [0.25, 0.3) is 0 Å². The average Bonchev–Trinajstić information content (AvgIpc) is 3.01. The molecule has 0 aromatic carbocycles. The number of carbonyl (C=O) groups is 5. The minimum atomic E-state index is -0.970. The fourth-order valence-electron chi connectivity index (χ4n) is 3.29. The zero-order chi connectivity index (χ0) is 28.5. The molecule has 2 rings (SSSR count). The highest BCUT2D eigenvalue weighted by Crippen LogP contribution is 2.20. The summed E-state index contributed by atoms with van der Waals surface area (Å²) in [6.45, 7) is 13.0. The second-order valence-corrected chi connectivity index (χ2v) is 10.1. The van der Waals surface area contributed by atoms with Crippen molar-refractivity contribution < 1.29 is 28.7 Å². The van der Waals surface area contributed by atoms with E-state index < -0.39 is 53.8 Å². The Bertz CT molecular complexity index is 793. The van der Waals surface area contributed by atoms with Crippen LogP contribution in [-0.2, 0) is 28.7 Å². The minimum Gasteiger partial charge on any atom is -0.456 e. The topological polar surface area (TPSA) is 143 Å². The van der Waals surface area contributed by atoms with Gasteiger partial charge in [0, 0.05) is 11.0 Å². The number of hydrogen-bond donors (Lipinski definition) is 5. The lowest BCUT2D eigenvalue weighted by atomic mass is 10.0. The van der Waals surface area contributed by atoms with Crippen molar-refractivity contribution in [3.8, 4) is 0 Å². The average molecular weight is 561 g/mol. The SMILES string of the molecule is CC.CC.CC(C)C1NC(=O)C2NC(=O)[C@@H](CSC2C)NC(=O)CNC(=O)C[C@H](/C=C/CCS)OC1=O. The molecule has 0 aliphatic carbocycles. The lowest BCUT2D eigenvalue weighted by molar-refractivity contribution is -0.153. The van der Waals surface area contributed by atoms with Crippen LogP contribution in [0.25, 0.3) is 0 Å². The van der Waals surface area contributed by atoms with Crippen LogP contribution in [0, 0.1) is 5.92 Å². The quantitative estimate of drug-likeness (QED) is 0.200. The van der Waals surface area contributed by atoms with E-state index in [1.807, 2.05) is 27.7 Å². The Morgan fingerprint density at radius 1 is 1.00 bits per heavy atom. The van der Waals surface area contributed by atoms with Gasteiger partial charge in [-0.3, -0.25) is 19.2 Å². The third-order valence-electron chi connectivity index (χ3n) is 5.19. The van der Waals surface area contributed by atoms with Crippen molar-refractivity contribution >= 4 is 54.0 Å². The van der Waals surface area contributed by atoms with Crippen LogP contribution in [0.1, 0.15) is 61.3 Å². The second-order valence-electron chi connectivity index (χ2n) is 8.27. The third kappa shape index (κ3) is 12.3. The van der Waals surface area contributed by atoms with Crippen molar-refractivity contribution in [1.82, 2.24) is 21.3 Å². The largest absolute Gasteiger partial charge is 0.456 e. The lowest BCUT2D eigenvalue weighted by Gasteiger charge is -2.27. The molecule has 0 spiro atoms. The maximum atomic E-state index is 13.0. The van der Waals surface area contributed by atoms with E-state index in [9.17, 15) is 24.0 Å². The molecule has 0 aromatic heterocycles. The molecule has 4 N–H and O–H groups in total. The Morgan fingerprint density at radius 2 is 1.65 bits per heavy atom. The van der Waals surface area contributed by atoms with Crippen molar-refractivity contribution in [2.75, 3.05) is 18.1 Å². The van der Waals surface area contributed by atoms with Crippen LogP contribution < -0.4 is 21.3 Å². The number of hydrogen-bond acceptors (Lipinski definition) is 8. The number of carbonyl (C=O) groups excluding carboxylic acids is 5. The van der Waals surface area contributed by atoms with E-state index in [1.165, 1.54) is 11.8 Å². The molecule has 3 unspecified atom stereocenters. The first-order chi connectivity index (χ1) is 17.6. The monoisotopic (exact) mass is 560 g/mol. The summed E-state index contributed by atoms with van der Waals surface area (Å²) in [6, 6.07) is -2.71. The first-order valence-electron chi connectivity index (χ1n) is 12.9. The van der Waals surface area contributed by atoms with Crippen molar-refractivity contribution in [2.24, 2.45) is 5.92 Å². The van der Waals surface area contributed by atoms with Gasteiger partial charge in [-0.05, 0) is 24.2 Å². The molecule has 2 aliphatic rings. The fourth-order valence-corrected chi connectivity index (χ4v) is 4.55. The molecular weight excluding hydrogens is 516 g/mol. The van der Waals surface area contributed by atoms with Gasteiger partial charge in [-0.25, -0.2) is 4.79 Å². The van der Waals surface area contributed by atoms with Gasteiger partial charge in [-0.1, -0.05) is 54.5 Å². The molecule has 212 valence electrons. The molecule has 2 bridgehead atoms. The molecule has 10 nitrogen and oxygen atoms in total. The summed E-state index contributed by atoms with van der Waals surface area (Å²) in [6.07, 6.45) is 2.90. The Kier molecular flexibility index (Phi) is 17.8. The molecule has 0 radical (unpaired) electrons. The van der Waals surface area contributed by atoms with E-state index >= 15 is 0 Å². The van der Waals surface area contributed by atoms with Gasteiger partial charge in [0.15, 0.2) is 0 Å². The molecule has 2 aliphatic heterocycles. The van der Waals surface area contributed by atoms with Crippen LogP contribution in [0.3, 0.4) is 0 Å². The van der Waals surface area contributed by atoms with Gasteiger partial charge in [-0.15, -0.1) is 0 Å². The molecule has 0 saturated carbocycles. The Labute approximate surface area is 230 Å². The third-order valence-corrected chi connectivity index (χ3v) is 6.77. The normalized spacial score (nSPS) is 27.4. The molecule has 2 saturated heterocycles. The van der Waals surface area contributed by atoms with E-state index in [0.29, 0.717) is 12.2 Å². The number of amides is 4. The summed E-state index contributed by atoms with van der Waals surface area (Å²) in [5, 5.41) is 10.1. The molecule has 0 aromatic rings. The number of allylic oxidation sites excluding steroid dienone is 1. The van der Waals surface area contributed by atoms with E-state index in [0.717, 1.165) is 0 Å². The van der Waals surface area contributed by atoms with Crippen LogP contribution in [0.2, 0.25) is 0 Å². The lowest BCUT2D eigenvalue weighted by Crippen LogP contribution is -2.58. The van der Waals surface area contributed by atoms with Gasteiger partial charge >= 0.3 is 5.97 Å². The standard InChI is InChI=1S/C21H32N4O6S2.2C2H6/c1-11(2)17-21(30)31-13(6-4-5-7-32)8-15(26)22-9-16(27)23-14-10-33-12(3)18(20(29)24-17)25-19(14)28;2*1-2/h4,6,11-14,17-18,32H,5,7-10H2,1-3H3,(H,22,26)(H,23,27)(H,24,29)(H,25,28);2*1-2H3/b6-4+;;/t12?,13-,14+,17?,18?;;/m0../s1. The maximum absolute atomic E-state index is 13.0. The number of cyclic esters (lactones) is 1. The molecule has 2 heterocycles. The smallest absolute Gasteiger partial charge is 0.329 e. The predicted molar refractivity (Wildman–Crippen MR) is 150 cm³/mol. The Balaban J connectivity index is 0.00000308. The van der Waals surface area contributed by atoms with Crippen LogP contribution in [-0.4, -0.2) is 77.1 Å². The summed E-state index contributed by atoms with van der Waals surface area (Å²) in [5.74, 6) is -2.19. The summed E-state index contributed by atoms with van der Waals surface area (Å²) in [5.41, 5.74) is 0. The van der Waals surface area contributed by atoms with Crippen molar-refractivity contribution in [3.05, 3.63) is 12.2 Å². The molecule has 5 atom stereocenters. The number of nitrogens with one attached hydrogen (secondary N) is 4. The molecule has 2 fully saturated rings. The molecule has 12 heteroatoms. The number of esters is 1. The first kappa shape index (κ1) is 34.8. The van der Waals surface area contributed by atoms with Crippen LogP contribution in [0.5, 0.6) is 0 Å². The van der Waals surface area contributed by atoms with Crippen molar-refractivity contribution in [3.63, 3.8) is 0 Å². The fraction of sp³-hybridized carbons (Fsp3) is 0.720. The van der Waals surface area contributed by atoms with E-state index in [2.05, 4.69) is 33.9 Å². The number of thioether (sulfide) groups is 1. The number of rotatable bonds is 4. The molecule has 4 amide bonds. The van der Waals surface area contributed by atoms with E-state index in [-0.39, 0.29) is 29.9 Å². The highest BCUT2D eigenvalue weighted by molar-refractivity contribution is 8.00. The minimum absolute atomic E-state index is 0.194. The zero-order valence-electron chi connectivity index (χ0n) is 23.0. The highest BCUT2D eigenvalue weighted by Gasteiger charge is 2.38. The first-order valence-corrected chi connectivity index (χ1v) is 14.6. The van der Waals surface area contributed by atoms with Crippen molar-refractivity contribution in [2.45, 2.75) is 90.8 Å².